The van der Waals surface area contributed by atoms with E-state index in [-0.39, 0.29) is 12.1 Å². The Morgan fingerprint density at radius 2 is 0.763 bits per heavy atom. The molecule has 9 aromatic carbocycles. The fourth-order valence-corrected chi connectivity index (χ4v) is 18.5. The molecule has 76 heavy (non-hydrogen) atoms. The molecule has 360 valence electrons. The lowest BCUT2D eigenvalue weighted by Crippen LogP contribution is -2.59. The molecule has 2 aliphatic heterocycles. The molecule has 2 aromatic heterocycles. The first-order valence-corrected chi connectivity index (χ1v) is 28.6. The van der Waals surface area contributed by atoms with Crippen molar-refractivity contribution >= 4 is 78.5 Å². The van der Waals surface area contributed by atoms with Gasteiger partial charge in [0, 0.05) is 53.2 Å². The minimum absolute atomic E-state index is 0.0100. The topological polar surface area (TPSA) is 6.48 Å². The number of nitrogens with zero attached hydrogens (tertiary/aromatic N) is 2. The molecule has 0 unspecified atom stereocenters. The van der Waals surface area contributed by atoms with Gasteiger partial charge in [0.25, 0.3) is 6.71 Å². The van der Waals surface area contributed by atoms with Crippen LogP contribution in [0.4, 0.5) is 34.1 Å². The van der Waals surface area contributed by atoms with E-state index in [9.17, 15) is 0 Å². The highest BCUT2D eigenvalue weighted by molar-refractivity contribution is 7.37. The zero-order valence-electron chi connectivity index (χ0n) is 43.3. The van der Waals surface area contributed by atoms with E-state index < -0.39 is 10.8 Å². The maximum Gasteiger partial charge on any atom is 0.277 e. The maximum atomic E-state index is 2.70. The van der Waals surface area contributed by atoms with Crippen molar-refractivity contribution in [1.29, 1.82) is 0 Å². The highest BCUT2D eigenvalue weighted by Gasteiger charge is 2.60. The standard InChI is InChI=1S/C71H51BN2S2/c1-40-27-32-44(33-28-40)73-58-38-42(3)39-59-62(58)72(67-63(73)60-50-21-11-16-26-56(50)70(65(60)75-67)52-22-12-7-17-46(52)47-18-8-13-23-53(47)70)68-64(74(59)45-34-30-43(31-35-45)69(4,5)6)61-51-36-29-41(2)37-57(51)71(66(61)76-68)54-24-14-9-19-48(54)49-20-10-15-25-55(49)71/h7-39H,1-6H3. The van der Waals surface area contributed by atoms with E-state index in [2.05, 4.69) is 274 Å². The summed E-state index contributed by atoms with van der Waals surface area (Å²) < 4.78 is 2.85. The molecular formula is C71H51BN2S2. The van der Waals surface area contributed by atoms with Gasteiger partial charge < -0.3 is 9.80 Å². The average Bonchev–Trinajstić information content (AvgIpc) is 4.44. The van der Waals surface area contributed by atoms with Crippen molar-refractivity contribution in [2.45, 2.75) is 57.8 Å². The second-order valence-electron chi connectivity index (χ2n) is 23.3. The van der Waals surface area contributed by atoms with E-state index in [0.717, 1.165) is 0 Å². The summed E-state index contributed by atoms with van der Waals surface area (Å²) in [4.78, 5) is 8.26. The highest BCUT2D eigenvalue weighted by Crippen LogP contribution is 2.69. The molecule has 11 aromatic rings. The fraction of sp³-hybridized carbons (Fsp3) is 0.127. The third kappa shape index (κ3) is 5.10. The van der Waals surface area contributed by atoms with Crippen LogP contribution in [0.2, 0.25) is 0 Å². The van der Waals surface area contributed by atoms with Crippen LogP contribution in [0, 0.1) is 20.8 Å². The highest BCUT2D eigenvalue weighted by atomic mass is 32.1. The number of fused-ring (bicyclic) bond motifs is 26. The number of hydrogen-bond donors (Lipinski definition) is 0. The van der Waals surface area contributed by atoms with E-state index in [1.165, 1.54) is 159 Å². The maximum absolute atomic E-state index is 2.70. The lowest BCUT2D eigenvalue weighted by molar-refractivity contribution is 0.590. The summed E-state index contributed by atoms with van der Waals surface area (Å²) >= 11 is 4.19. The Bertz CT molecular complexity index is 4300. The van der Waals surface area contributed by atoms with Gasteiger partial charge in [0.1, 0.15) is 0 Å². The minimum atomic E-state index is -0.485. The molecule has 5 heteroatoms. The van der Waals surface area contributed by atoms with Crippen LogP contribution in [0.25, 0.3) is 44.5 Å². The third-order valence-electron chi connectivity index (χ3n) is 18.2. The Balaban J connectivity index is 1.04. The summed E-state index contributed by atoms with van der Waals surface area (Å²) in [5.41, 5.74) is 32.2. The predicted octanol–water partition coefficient (Wildman–Crippen LogP) is 16.8. The fourth-order valence-electron chi connectivity index (χ4n) is 15.1. The van der Waals surface area contributed by atoms with E-state index in [1.807, 2.05) is 0 Å². The van der Waals surface area contributed by atoms with Gasteiger partial charge in [-0.25, -0.2) is 0 Å². The Morgan fingerprint density at radius 3 is 1.22 bits per heavy atom. The van der Waals surface area contributed by atoms with Gasteiger partial charge in [0.15, 0.2) is 0 Å². The van der Waals surface area contributed by atoms with Gasteiger partial charge in [-0.2, -0.15) is 0 Å². The van der Waals surface area contributed by atoms with Crippen LogP contribution in [0.5, 0.6) is 0 Å². The molecule has 0 fully saturated rings. The normalized spacial score (nSPS) is 15.4. The van der Waals surface area contributed by atoms with Crippen LogP contribution in [0.1, 0.15) is 86.2 Å². The van der Waals surface area contributed by atoms with Crippen LogP contribution in [0.15, 0.2) is 200 Å². The quantitative estimate of drug-likeness (QED) is 0.159. The van der Waals surface area contributed by atoms with Crippen LogP contribution in [-0.2, 0) is 16.2 Å². The van der Waals surface area contributed by atoms with Crippen molar-refractivity contribution < 1.29 is 0 Å². The SMILES string of the molecule is Cc1ccc(N2c3cc(C)cc4c3B(c3sc5c(c32)-c2ccccc2C52c3ccccc3-c3ccccc32)c2sc3c(c2N4c2ccc(C(C)(C)C)cc2)-c2ccc(C)cc2C32c3ccccc3-c3ccccc32)cc1. The third-order valence-corrected chi connectivity index (χ3v) is 20.9. The molecule has 17 rings (SSSR count). The Morgan fingerprint density at radius 1 is 0.382 bits per heavy atom. The lowest BCUT2D eigenvalue weighted by Gasteiger charge is -2.43. The second-order valence-corrected chi connectivity index (χ2v) is 25.4. The van der Waals surface area contributed by atoms with Crippen molar-refractivity contribution in [3.05, 3.63) is 266 Å². The van der Waals surface area contributed by atoms with Gasteiger partial charge in [-0.1, -0.05) is 196 Å². The van der Waals surface area contributed by atoms with Crippen molar-refractivity contribution in [1.82, 2.24) is 0 Å². The molecule has 4 aliphatic carbocycles. The van der Waals surface area contributed by atoms with E-state index in [0.29, 0.717) is 0 Å². The second kappa shape index (κ2) is 14.7. The number of benzene rings is 9. The van der Waals surface area contributed by atoms with Gasteiger partial charge in [-0.15, -0.1) is 22.7 Å². The smallest absolute Gasteiger partial charge is 0.277 e. The van der Waals surface area contributed by atoms with E-state index in [1.54, 1.807) is 0 Å². The summed E-state index contributed by atoms with van der Waals surface area (Å²) in [6.45, 7) is 13.7. The molecule has 2 nitrogen and oxygen atoms in total. The molecule has 2 spiro atoms. The summed E-state index contributed by atoms with van der Waals surface area (Å²) in [7, 11) is 0. The Labute approximate surface area is 453 Å². The molecule has 0 amide bonds. The van der Waals surface area contributed by atoms with Gasteiger partial charge in [-0.3, -0.25) is 0 Å². The van der Waals surface area contributed by atoms with Crippen molar-refractivity contribution in [3.63, 3.8) is 0 Å². The Hall–Kier alpha value is -7.96. The van der Waals surface area contributed by atoms with Crippen LogP contribution in [-0.4, -0.2) is 6.71 Å². The summed E-state index contributed by atoms with van der Waals surface area (Å²) in [5, 5.41) is 0. The van der Waals surface area contributed by atoms with Crippen molar-refractivity contribution in [2.75, 3.05) is 9.80 Å². The molecule has 0 radical (unpaired) electrons. The lowest BCUT2D eigenvalue weighted by atomic mass is 9.39. The van der Waals surface area contributed by atoms with Crippen molar-refractivity contribution in [3.8, 4) is 44.5 Å². The van der Waals surface area contributed by atoms with E-state index in [4.69, 9.17) is 0 Å². The first kappa shape index (κ1) is 43.3. The van der Waals surface area contributed by atoms with Crippen molar-refractivity contribution in [2.24, 2.45) is 0 Å². The minimum Gasteiger partial charge on any atom is -0.310 e. The van der Waals surface area contributed by atoms with Gasteiger partial charge in [0.05, 0.1) is 22.2 Å². The molecule has 0 N–H and O–H groups in total. The van der Waals surface area contributed by atoms with Gasteiger partial charge in [0.2, 0.25) is 0 Å². The predicted molar refractivity (Wildman–Crippen MR) is 322 cm³/mol. The van der Waals surface area contributed by atoms with Crippen LogP contribution in [0.3, 0.4) is 0 Å². The van der Waals surface area contributed by atoms with Crippen LogP contribution >= 0.6 is 22.7 Å². The summed E-state index contributed by atoms with van der Waals surface area (Å²) in [5.74, 6) is 0. The number of hydrogen-bond acceptors (Lipinski definition) is 4. The largest absolute Gasteiger partial charge is 0.310 e. The first-order chi connectivity index (χ1) is 37.1. The van der Waals surface area contributed by atoms with Gasteiger partial charge in [-0.05, 0) is 146 Å². The molecule has 4 heterocycles. The molecular weight excluding hydrogens is 956 g/mol. The van der Waals surface area contributed by atoms with E-state index >= 15 is 0 Å². The summed E-state index contributed by atoms with van der Waals surface area (Å²) in [6, 6.07) is 77.8. The van der Waals surface area contributed by atoms with Crippen LogP contribution < -0.4 is 24.8 Å². The zero-order chi connectivity index (χ0) is 50.7. The number of anilines is 6. The first-order valence-electron chi connectivity index (χ1n) is 26.9. The molecule has 0 saturated heterocycles. The zero-order valence-corrected chi connectivity index (χ0v) is 45.0. The number of aryl methyl sites for hydroxylation is 3. The summed E-state index contributed by atoms with van der Waals surface area (Å²) in [6.07, 6.45) is 0. The number of rotatable bonds is 2. The molecule has 0 atom stereocenters. The monoisotopic (exact) mass is 1010 g/mol. The molecule has 6 aliphatic rings. The molecule has 0 bridgehead atoms. The average molecular weight is 1010 g/mol. The number of thiophene rings is 2. The molecule has 0 saturated carbocycles. The van der Waals surface area contributed by atoms with Gasteiger partial charge >= 0.3 is 0 Å². The Kier molecular flexibility index (Phi) is 8.38.